The van der Waals surface area contributed by atoms with E-state index in [0.29, 0.717) is 6.61 Å². The molecule has 0 radical (unpaired) electrons. The summed E-state index contributed by atoms with van der Waals surface area (Å²) in [5, 5.41) is 13.7. The Labute approximate surface area is 113 Å². The summed E-state index contributed by atoms with van der Waals surface area (Å²) in [6.45, 7) is 4.16. The van der Waals surface area contributed by atoms with Crippen LogP contribution in [0.25, 0.3) is 0 Å². The molecule has 0 saturated carbocycles. The van der Waals surface area contributed by atoms with E-state index < -0.39 is 0 Å². The van der Waals surface area contributed by atoms with Gasteiger partial charge in [0.25, 0.3) is 0 Å². The van der Waals surface area contributed by atoms with E-state index in [1.54, 1.807) is 6.07 Å². The van der Waals surface area contributed by atoms with Gasteiger partial charge in [-0.3, -0.25) is 0 Å². The van der Waals surface area contributed by atoms with Gasteiger partial charge in [-0.15, -0.1) is 0 Å². The third-order valence-corrected chi connectivity index (χ3v) is 2.90. The van der Waals surface area contributed by atoms with Crippen LogP contribution in [-0.4, -0.2) is 10.8 Å². The lowest BCUT2D eigenvalue weighted by Gasteiger charge is -2.04. The number of phenolic OH excluding ortho intramolecular Hbond substituents is 1. The molecule has 0 fully saturated rings. The van der Waals surface area contributed by atoms with E-state index in [9.17, 15) is 5.11 Å². The minimum Gasteiger partial charge on any atom is -0.508 e. The van der Waals surface area contributed by atoms with Crippen LogP contribution in [0.4, 0.5) is 0 Å². The summed E-state index contributed by atoms with van der Waals surface area (Å²) >= 11 is 0. The van der Waals surface area contributed by atoms with Gasteiger partial charge in [0.2, 0.25) is 0 Å². The standard InChI is InChI=1S/C16H17NO2/c1-12-8-9-15(10-16(12)18)13(2)17-19-11-14-6-4-3-5-7-14/h3-10,18H,11H2,1-2H3. The monoisotopic (exact) mass is 255 g/mol. The van der Waals surface area contributed by atoms with Crippen molar-refractivity contribution in [1.82, 2.24) is 0 Å². The van der Waals surface area contributed by atoms with Crippen molar-refractivity contribution in [2.24, 2.45) is 5.16 Å². The molecule has 2 aromatic rings. The summed E-state index contributed by atoms with van der Waals surface area (Å²) < 4.78 is 0. The fourth-order valence-electron chi connectivity index (χ4n) is 1.67. The van der Waals surface area contributed by atoms with Crippen LogP contribution in [0.2, 0.25) is 0 Å². The lowest BCUT2D eigenvalue weighted by atomic mass is 10.1. The van der Waals surface area contributed by atoms with Crippen LogP contribution in [-0.2, 0) is 11.4 Å². The highest BCUT2D eigenvalue weighted by molar-refractivity contribution is 5.98. The Kier molecular flexibility index (Phi) is 4.18. The normalized spacial score (nSPS) is 11.4. The zero-order chi connectivity index (χ0) is 13.7. The molecule has 0 saturated heterocycles. The Bertz CT molecular complexity index is 577. The highest BCUT2D eigenvalue weighted by atomic mass is 16.6. The van der Waals surface area contributed by atoms with Crippen molar-refractivity contribution in [3.63, 3.8) is 0 Å². The summed E-state index contributed by atoms with van der Waals surface area (Å²) in [6.07, 6.45) is 0. The first-order chi connectivity index (χ1) is 9.16. The molecule has 2 rings (SSSR count). The van der Waals surface area contributed by atoms with Crippen molar-refractivity contribution >= 4 is 5.71 Å². The molecule has 0 spiro atoms. The smallest absolute Gasteiger partial charge is 0.142 e. The minimum atomic E-state index is 0.273. The average Bonchev–Trinajstić information content (AvgIpc) is 2.43. The molecule has 19 heavy (non-hydrogen) atoms. The fraction of sp³-hybridized carbons (Fsp3) is 0.188. The van der Waals surface area contributed by atoms with Crippen molar-refractivity contribution in [3.8, 4) is 5.75 Å². The molecular formula is C16H17NO2. The Morgan fingerprint density at radius 2 is 1.89 bits per heavy atom. The number of phenols is 1. The van der Waals surface area contributed by atoms with Crippen LogP contribution in [0.15, 0.2) is 53.7 Å². The first kappa shape index (κ1) is 13.1. The zero-order valence-corrected chi connectivity index (χ0v) is 11.1. The Balaban J connectivity index is 2.01. The topological polar surface area (TPSA) is 41.8 Å². The van der Waals surface area contributed by atoms with Crippen LogP contribution in [0.5, 0.6) is 5.75 Å². The van der Waals surface area contributed by atoms with Gasteiger partial charge in [-0.05, 0) is 31.0 Å². The molecule has 0 unspecified atom stereocenters. The van der Waals surface area contributed by atoms with Crippen molar-refractivity contribution in [3.05, 3.63) is 65.2 Å². The summed E-state index contributed by atoms with van der Waals surface area (Å²) in [4.78, 5) is 5.31. The predicted octanol–water partition coefficient (Wildman–Crippen LogP) is 3.64. The van der Waals surface area contributed by atoms with Crippen molar-refractivity contribution in [1.29, 1.82) is 0 Å². The van der Waals surface area contributed by atoms with Gasteiger partial charge >= 0.3 is 0 Å². The number of hydrogen-bond donors (Lipinski definition) is 1. The number of hydrogen-bond acceptors (Lipinski definition) is 3. The van der Waals surface area contributed by atoms with Crippen LogP contribution < -0.4 is 0 Å². The summed E-state index contributed by atoms with van der Waals surface area (Å²) in [6, 6.07) is 15.3. The molecule has 0 aliphatic heterocycles. The molecule has 0 aliphatic rings. The third-order valence-electron chi connectivity index (χ3n) is 2.90. The second-order valence-corrected chi connectivity index (χ2v) is 4.44. The van der Waals surface area contributed by atoms with E-state index in [2.05, 4.69) is 5.16 Å². The largest absolute Gasteiger partial charge is 0.508 e. The average molecular weight is 255 g/mol. The first-order valence-corrected chi connectivity index (χ1v) is 6.17. The Morgan fingerprint density at radius 3 is 2.58 bits per heavy atom. The quantitative estimate of drug-likeness (QED) is 0.669. The van der Waals surface area contributed by atoms with Crippen molar-refractivity contribution in [2.45, 2.75) is 20.5 Å². The van der Waals surface area contributed by atoms with Crippen LogP contribution in [0.1, 0.15) is 23.6 Å². The van der Waals surface area contributed by atoms with E-state index in [0.717, 1.165) is 22.4 Å². The van der Waals surface area contributed by atoms with Gasteiger partial charge < -0.3 is 9.94 Å². The molecule has 98 valence electrons. The second kappa shape index (κ2) is 6.05. The molecule has 1 N–H and O–H groups in total. The molecule has 0 heterocycles. The maximum absolute atomic E-state index is 9.66. The number of benzene rings is 2. The maximum atomic E-state index is 9.66. The minimum absolute atomic E-state index is 0.273. The summed E-state index contributed by atoms with van der Waals surface area (Å²) in [5.74, 6) is 0.273. The number of oxime groups is 1. The molecule has 3 nitrogen and oxygen atoms in total. The van der Waals surface area contributed by atoms with E-state index in [4.69, 9.17) is 4.84 Å². The zero-order valence-electron chi connectivity index (χ0n) is 11.1. The molecule has 0 amide bonds. The van der Waals surface area contributed by atoms with Gasteiger partial charge in [-0.1, -0.05) is 47.6 Å². The molecule has 2 aromatic carbocycles. The van der Waals surface area contributed by atoms with Crippen LogP contribution in [0, 0.1) is 6.92 Å². The van der Waals surface area contributed by atoms with Gasteiger partial charge in [0, 0.05) is 5.56 Å². The maximum Gasteiger partial charge on any atom is 0.142 e. The van der Waals surface area contributed by atoms with Gasteiger partial charge in [0.1, 0.15) is 12.4 Å². The van der Waals surface area contributed by atoms with E-state index in [1.807, 2.05) is 56.3 Å². The molecule has 0 bridgehead atoms. The van der Waals surface area contributed by atoms with Gasteiger partial charge in [-0.2, -0.15) is 0 Å². The van der Waals surface area contributed by atoms with E-state index in [1.165, 1.54) is 0 Å². The van der Waals surface area contributed by atoms with Gasteiger partial charge in [0.15, 0.2) is 0 Å². The third kappa shape index (κ3) is 3.58. The molecule has 0 aromatic heterocycles. The Morgan fingerprint density at radius 1 is 1.16 bits per heavy atom. The highest BCUT2D eigenvalue weighted by Crippen LogP contribution is 2.18. The Hall–Kier alpha value is -2.29. The molecule has 0 atom stereocenters. The summed E-state index contributed by atoms with van der Waals surface area (Å²) in [7, 11) is 0. The SMILES string of the molecule is CC(=NOCc1ccccc1)c1ccc(C)c(O)c1. The second-order valence-electron chi connectivity index (χ2n) is 4.44. The molecule has 3 heteroatoms. The van der Waals surface area contributed by atoms with Crippen molar-refractivity contribution in [2.75, 3.05) is 0 Å². The number of aromatic hydroxyl groups is 1. The fourth-order valence-corrected chi connectivity index (χ4v) is 1.67. The van der Waals surface area contributed by atoms with E-state index in [-0.39, 0.29) is 5.75 Å². The number of nitrogens with zero attached hydrogens (tertiary/aromatic N) is 1. The molecular weight excluding hydrogens is 238 g/mol. The number of aryl methyl sites for hydroxylation is 1. The van der Waals surface area contributed by atoms with E-state index >= 15 is 0 Å². The highest BCUT2D eigenvalue weighted by Gasteiger charge is 2.02. The lowest BCUT2D eigenvalue weighted by molar-refractivity contribution is 0.130. The first-order valence-electron chi connectivity index (χ1n) is 6.17. The van der Waals surface area contributed by atoms with Crippen LogP contribution >= 0.6 is 0 Å². The van der Waals surface area contributed by atoms with Crippen molar-refractivity contribution < 1.29 is 9.94 Å². The van der Waals surface area contributed by atoms with Gasteiger partial charge in [-0.25, -0.2) is 0 Å². The van der Waals surface area contributed by atoms with Gasteiger partial charge in [0.05, 0.1) is 5.71 Å². The molecule has 0 aliphatic carbocycles. The summed E-state index contributed by atoms with van der Waals surface area (Å²) in [5.41, 5.74) is 3.52. The predicted molar refractivity (Wildman–Crippen MR) is 76.3 cm³/mol. The van der Waals surface area contributed by atoms with Crippen LogP contribution in [0.3, 0.4) is 0 Å². The number of rotatable bonds is 4. The lowest BCUT2D eigenvalue weighted by Crippen LogP contribution is -1.97.